The van der Waals surface area contributed by atoms with E-state index in [1.165, 1.54) is 0 Å². The number of nitrogens with zero attached hydrogens (tertiary/aromatic N) is 2. The van der Waals surface area contributed by atoms with Gasteiger partial charge in [0.25, 0.3) is 0 Å². The van der Waals surface area contributed by atoms with E-state index in [1.54, 1.807) is 13.2 Å². The van der Waals surface area contributed by atoms with Crippen LogP contribution in [0.1, 0.15) is 20.3 Å². The van der Waals surface area contributed by atoms with Gasteiger partial charge in [-0.05, 0) is 19.4 Å². The van der Waals surface area contributed by atoms with Gasteiger partial charge < -0.3 is 15.5 Å². The third-order valence-corrected chi connectivity index (χ3v) is 2.57. The minimum absolute atomic E-state index is 0.0188. The quantitative estimate of drug-likeness (QED) is 0.769. The minimum atomic E-state index is 0.0188. The van der Waals surface area contributed by atoms with Gasteiger partial charge in [0.1, 0.15) is 5.82 Å². The predicted octanol–water partition coefficient (Wildman–Crippen LogP) is 1.48. The number of hydrogen-bond donors (Lipinski definition) is 2. The lowest BCUT2D eigenvalue weighted by molar-refractivity contribution is -0.119. The second-order valence-electron chi connectivity index (χ2n) is 4.02. The Morgan fingerprint density at radius 2 is 2.22 bits per heavy atom. The van der Waals surface area contributed by atoms with Crippen molar-refractivity contribution in [1.29, 1.82) is 0 Å². The third-order valence-electron chi connectivity index (χ3n) is 2.57. The summed E-state index contributed by atoms with van der Waals surface area (Å²) < 4.78 is 0. The number of pyridine rings is 1. The number of nitrogens with one attached hydrogen (secondary N) is 2. The van der Waals surface area contributed by atoms with Crippen LogP contribution in [0.3, 0.4) is 0 Å². The van der Waals surface area contributed by atoms with Gasteiger partial charge in [0.05, 0.1) is 6.54 Å². The summed E-state index contributed by atoms with van der Waals surface area (Å²) in [6, 6.07) is 3.90. The molecule has 18 heavy (non-hydrogen) atoms. The standard InChI is InChI=1S/C13H22N4O/c1-4-8-17(10-13(18)14-3)11-6-7-16-12(9-11)15-5-2/h6-7,9H,4-5,8,10H2,1-3H3,(H,14,18)(H,15,16). The SMILES string of the molecule is CCCN(CC(=O)NC)c1ccnc(NCC)c1. The molecule has 1 heterocycles. The molecule has 1 aromatic rings. The van der Waals surface area contributed by atoms with Crippen LogP contribution in [0.2, 0.25) is 0 Å². The molecule has 1 rings (SSSR count). The molecule has 0 radical (unpaired) electrons. The predicted molar refractivity (Wildman–Crippen MR) is 75.0 cm³/mol. The van der Waals surface area contributed by atoms with Crippen LogP contribution in [0.5, 0.6) is 0 Å². The third kappa shape index (κ3) is 4.24. The number of carbonyl (C=O) groups excluding carboxylic acids is 1. The largest absolute Gasteiger partial charge is 0.370 e. The van der Waals surface area contributed by atoms with Gasteiger partial charge in [-0.1, -0.05) is 6.92 Å². The summed E-state index contributed by atoms with van der Waals surface area (Å²) >= 11 is 0. The molecule has 0 aromatic carbocycles. The van der Waals surface area contributed by atoms with E-state index >= 15 is 0 Å². The highest BCUT2D eigenvalue weighted by molar-refractivity contribution is 5.81. The van der Waals surface area contributed by atoms with E-state index in [1.807, 2.05) is 19.1 Å². The van der Waals surface area contributed by atoms with Crippen molar-refractivity contribution in [2.24, 2.45) is 0 Å². The van der Waals surface area contributed by atoms with Crippen molar-refractivity contribution in [2.45, 2.75) is 20.3 Å². The second-order valence-corrected chi connectivity index (χ2v) is 4.02. The number of carbonyl (C=O) groups is 1. The molecule has 1 amide bonds. The Kier molecular flexibility index (Phi) is 5.97. The van der Waals surface area contributed by atoms with Crippen LogP contribution in [0.15, 0.2) is 18.3 Å². The molecule has 2 N–H and O–H groups in total. The van der Waals surface area contributed by atoms with Crippen LogP contribution in [0, 0.1) is 0 Å². The van der Waals surface area contributed by atoms with Crippen molar-refractivity contribution in [3.8, 4) is 0 Å². The first kappa shape index (κ1) is 14.3. The van der Waals surface area contributed by atoms with Crippen molar-refractivity contribution in [3.63, 3.8) is 0 Å². The monoisotopic (exact) mass is 250 g/mol. The molecule has 0 aliphatic rings. The minimum Gasteiger partial charge on any atom is -0.370 e. The van der Waals surface area contributed by atoms with E-state index in [2.05, 4.69) is 27.4 Å². The molecular weight excluding hydrogens is 228 g/mol. The fourth-order valence-corrected chi connectivity index (χ4v) is 1.72. The lowest BCUT2D eigenvalue weighted by Crippen LogP contribution is -2.36. The Bertz CT molecular complexity index is 381. The van der Waals surface area contributed by atoms with Gasteiger partial charge in [-0.3, -0.25) is 4.79 Å². The lowest BCUT2D eigenvalue weighted by Gasteiger charge is -2.23. The summed E-state index contributed by atoms with van der Waals surface area (Å²) in [6.45, 7) is 6.19. The molecule has 1 aromatic heterocycles. The van der Waals surface area contributed by atoms with E-state index < -0.39 is 0 Å². The van der Waals surface area contributed by atoms with E-state index in [0.29, 0.717) is 6.54 Å². The Morgan fingerprint density at radius 3 is 2.83 bits per heavy atom. The molecular formula is C13H22N4O. The number of amides is 1. The normalized spacial score (nSPS) is 9.94. The van der Waals surface area contributed by atoms with Crippen molar-refractivity contribution in [2.75, 3.05) is 36.9 Å². The molecule has 0 bridgehead atoms. The molecule has 5 nitrogen and oxygen atoms in total. The van der Waals surface area contributed by atoms with Crippen LogP contribution < -0.4 is 15.5 Å². The first-order chi connectivity index (χ1) is 8.71. The highest BCUT2D eigenvalue weighted by atomic mass is 16.1. The molecule has 100 valence electrons. The summed E-state index contributed by atoms with van der Waals surface area (Å²) in [5.74, 6) is 0.860. The average Bonchev–Trinajstić information content (AvgIpc) is 2.39. The fraction of sp³-hybridized carbons (Fsp3) is 0.538. The Morgan fingerprint density at radius 1 is 1.44 bits per heavy atom. The molecule has 0 atom stereocenters. The van der Waals surface area contributed by atoms with E-state index in [0.717, 1.165) is 31.0 Å². The molecule has 5 heteroatoms. The summed E-state index contributed by atoms with van der Waals surface area (Å²) in [5, 5.41) is 5.83. The Labute approximate surface area is 109 Å². The molecule has 0 aliphatic heterocycles. The van der Waals surface area contributed by atoms with Crippen LogP contribution in [0.4, 0.5) is 11.5 Å². The van der Waals surface area contributed by atoms with Gasteiger partial charge in [0.15, 0.2) is 0 Å². The molecule has 0 aliphatic carbocycles. The van der Waals surface area contributed by atoms with Gasteiger partial charge in [-0.25, -0.2) is 4.98 Å². The smallest absolute Gasteiger partial charge is 0.239 e. The average molecular weight is 250 g/mol. The molecule has 0 fully saturated rings. The van der Waals surface area contributed by atoms with Crippen LogP contribution in [0.25, 0.3) is 0 Å². The van der Waals surface area contributed by atoms with Crippen molar-refractivity contribution < 1.29 is 4.79 Å². The zero-order valence-electron chi connectivity index (χ0n) is 11.4. The zero-order chi connectivity index (χ0) is 13.4. The van der Waals surface area contributed by atoms with E-state index in [4.69, 9.17) is 0 Å². The molecule has 0 saturated heterocycles. The van der Waals surface area contributed by atoms with Crippen molar-refractivity contribution in [3.05, 3.63) is 18.3 Å². The van der Waals surface area contributed by atoms with Crippen LogP contribution in [-0.4, -0.2) is 37.6 Å². The van der Waals surface area contributed by atoms with Crippen LogP contribution in [-0.2, 0) is 4.79 Å². The summed E-state index contributed by atoms with van der Waals surface area (Å²) in [4.78, 5) is 17.8. The maximum atomic E-state index is 11.5. The Hall–Kier alpha value is -1.78. The summed E-state index contributed by atoms with van der Waals surface area (Å²) in [6.07, 6.45) is 2.76. The first-order valence-corrected chi connectivity index (χ1v) is 6.36. The summed E-state index contributed by atoms with van der Waals surface area (Å²) in [5.41, 5.74) is 1.02. The van der Waals surface area contributed by atoms with E-state index in [-0.39, 0.29) is 5.91 Å². The van der Waals surface area contributed by atoms with E-state index in [9.17, 15) is 4.79 Å². The number of anilines is 2. The maximum Gasteiger partial charge on any atom is 0.239 e. The lowest BCUT2D eigenvalue weighted by atomic mass is 10.3. The van der Waals surface area contributed by atoms with Gasteiger partial charge in [0, 0.05) is 38.1 Å². The van der Waals surface area contributed by atoms with Gasteiger partial charge >= 0.3 is 0 Å². The number of rotatable bonds is 7. The van der Waals surface area contributed by atoms with Gasteiger partial charge in [-0.15, -0.1) is 0 Å². The zero-order valence-corrected chi connectivity index (χ0v) is 11.4. The van der Waals surface area contributed by atoms with Gasteiger partial charge in [-0.2, -0.15) is 0 Å². The van der Waals surface area contributed by atoms with Gasteiger partial charge in [0.2, 0.25) is 5.91 Å². The molecule has 0 spiro atoms. The van der Waals surface area contributed by atoms with Crippen LogP contribution >= 0.6 is 0 Å². The Balaban J connectivity index is 2.83. The van der Waals surface area contributed by atoms with Crippen molar-refractivity contribution >= 4 is 17.4 Å². The second kappa shape index (κ2) is 7.53. The summed E-state index contributed by atoms with van der Waals surface area (Å²) in [7, 11) is 1.66. The highest BCUT2D eigenvalue weighted by Gasteiger charge is 2.10. The topological polar surface area (TPSA) is 57.3 Å². The molecule has 0 unspecified atom stereocenters. The number of aromatic nitrogens is 1. The highest BCUT2D eigenvalue weighted by Crippen LogP contribution is 2.17. The number of hydrogen-bond acceptors (Lipinski definition) is 4. The first-order valence-electron chi connectivity index (χ1n) is 6.36. The maximum absolute atomic E-state index is 11.5. The molecule has 0 saturated carbocycles. The number of likely N-dealkylation sites (N-methyl/N-ethyl adjacent to an activating group) is 1. The van der Waals surface area contributed by atoms with Crippen molar-refractivity contribution in [1.82, 2.24) is 10.3 Å². The fourth-order valence-electron chi connectivity index (χ4n) is 1.72.